The van der Waals surface area contributed by atoms with Crippen molar-refractivity contribution in [3.05, 3.63) is 53.6 Å². The molecule has 1 fully saturated rings. The van der Waals surface area contributed by atoms with Gasteiger partial charge >= 0.3 is 0 Å². The van der Waals surface area contributed by atoms with Crippen molar-refractivity contribution >= 4 is 17.3 Å². The minimum absolute atomic E-state index is 0.109. The summed E-state index contributed by atoms with van der Waals surface area (Å²) in [6.07, 6.45) is 2.62. The Kier molecular flexibility index (Phi) is 5.82. The third-order valence-corrected chi connectivity index (χ3v) is 5.09. The Labute approximate surface area is 156 Å². The molecule has 0 aliphatic carbocycles. The molecule has 4 heteroatoms. The summed E-state index contributed by atoms with van der Waals surface area (Å²) in [5, 5.41) is 2.98. The molecule has 2 aromatic rings. The number of benzene rings is 2. The van der Waals surface area contributed by atoms with Crippen molar-refractivity contribution in [3.8, 4) is 5.75 Å². The molecule has 1 amide bonds. The second-order valence-electron chi connectivity index (χ2n) is 6.94. The van der Waals surface area contributed by atoms with Gasteiger partial charge in [0.15, 0.2) is 6.10 Å². The van der Waals surface area contributed by atoms with Crippen LogP contribution < -0.4 is 15.0 Å². The predicted octanol–water partition coefficient (Wildman–Crippen LogP) is 4.70. The summed E-state index contributed by atoms with van der Waals surface area (Å²) in [6, 6.07) is 14.0. The maximum absolute atomic E-state index is 12.6. The van der Waals surface area contributed by atoms with E-state index in [1.165, 1.54) is 18.5 Å². The third-order valence-electron chi connectivity index (χ3n) is 5.09. The highest BCUT2D eigenvalue weighted by Crippen LogP contribution is 2.24. The van der Waals surface area contributed by atoms with Gasteiger partial charge in [0.25, 0.3) is 5.91 Å². The molecule has 0 bridgehead atoms. The molecule has 26 heavy (non-hydrogen) atoms. The van der Waals surface area contributed by atoms with Gasteiger partial charge < -0.3 is 15.0 Å². The number of nitrogens with one attached hydrogen (secondary N) is 1. The van der Waals surface area contributed by atoms with E-state index in [9.17, 15) is 4.79 Å². The first-order valence-corrected chi connectivity index (χ1v) is 9.47. The van der Waals surface area contributed by atoms with Crippen molar-refractivity contribution in [3.63, 3.8) is 0 Å². The van der Waals surface area contributed by atoms with Crippen LogP contribution in [0.1, 0.15) is 37.3 Å². The van der Waals surface area contributed by atoms with Crippen LogP contribution in [-0.4, -0.2) is 25.1 Å². The molecule has 1 unspecified atom stereocenters. The summed E-state index contributed by atoms with van der Waals surface area (Å²) < 4.78 is 5.99. The van der Waals surface area contributed by atoms with E-state index in [4.69, 9.17) is 4.74 Å². The van der Waals surface area contributed by atoms with Gasteiger partial charge in [-0.15, -0.1) is 0 Å². The minimum atomic E-state index is -0.506. The van der Waals surface area contributed by atoms with Gasteiger partial charge in [-0.25, -0.2) is 0 Å². The summed E-state index contributed by atoms with van der Waals surface area (Å²) in [5.74, 6) is 0.665. The molecule has 1 saturated heterocycles. The standard InChI is InChI=1S/C22H28N2O2/c1-4-20(26-21-9-7-8-16(2)17(21)3)22(25)23-18-10-12-19(13-11-18)24-14-5-6-15-24/h7-13,20H,4-6,14-15H2,1-3H3,(H,23,25). The van der Waals surface area contributed by atoms with Crippen molar-refractivity contribution in [2.24, 2.45) is 0 Å². The molecule has 0 saturated carbocycles. The van der Waals surface area contributed by atoms with Crippen LogP contribution in [0.25, 0.3) is 0 Å². The first kappa shape index (κ1) is 18.3. The average molecular weight is 352 g/mol. The van der Waals surface area contributed by atoms with Crippen LogP contribution in [0.3, 0.4) is 0 Å². The normalized spacial score (nSPS) is 15.0. The van der Waals surface area contributed by atoms with Gasteiger partial charge in [-0.3, -0.25) is 4.79 Å². The van der Waals surface area contributed by atoms with E-state index in [0.717, 1.165) is 35.7 Å². The molecule has 1 heterocycles. The Balaban J connectivity index is 1.64. The van der Waals surface area contributed by atoms with Crippen molar-refractivity contribution in [2.75, 3.05) is 23.3 Å². The number of hydrogen-bond donors (Lipinski definition) is 1. The monoisotopic (exact) mass is 352 g/mol. The van der Waals surface area contributed by atoms with Crippen LogP contribution in [0, 0.1) is 13.8 Å². The zero-order valence-corrected chi connectivity index (χ0v) is 15.9. The van der Waals surface area contributed by atoms with Gasteiger partial charge in [-0.2, -0.15) is 0 Å². The molecule has 0 spiro atoms. The lowest BCUT2D eigenvalue weighted by Gasteiger charge is -2.20. The third kappa shape index (κ3) is 4.18. The first-order chi connectivity index (χ1) is 12.6. The quantitative estimate of drug-likeness (QED) is 0.819. The fourth-order valence-electron chi connectivity index (χ4n) is 3.28. The van der Waals surface area contributed by atoms with Gasteiger partial charge in [-0.05, 0) is 74.6 Å². The van der Waals surface area contributed by atoms with E-state index in [-0.39, 0.29) is 5.91 Å². The maximum atomic E-state index is 12.6. The smallest absolute Gasteiger partial charge is 0.265 e. The Hall–Kier alpha value is -2.49. The molecule has 0 radical (unpaired) electrons. The second-order valence-corrected chi connectivity index (χ2v) is 6.94. The van der Waals surface area contributed by atoms with Gasteiger partial charge in [0.1, 0.15) is 5.75 Å². The molecule has 1 N–H and O–H groups in total. The van der Waals surface area contributed by atoms with Crippen LogP contribution in [0.2, 0.25) is 0 Å². The van der Waals surface area contributed by atoms with Crippen molar-refractivity contribution in [2.45, 2.75) is 46.1 Å². The lowest BCUT2D eigenvalue weighted by atomic mass is 10.1. The predicted molar refractivity (Wildman–Crippen MR) is 107 cm³/mol. The lowest BCUT2D eigenvalue weighted by Crippen LogP contribution is -2.32. The highest BCUT2D eigenvalue weighted by Gasteiger charge is 2.20. The Morgan fingerprint density at radius 2 is 1.81 bits per heavy atom. The van der Waals surface area contributed by atoms with Gasteiger partial charge in [0.05, 0.1) is 0 Å². The lowest BCUT2D eigenvalue weighted by molar-refractivity contribution is -0.122. The molecule has 0 aromatic heterocycles. The van der Waals surface area contributed by atoms with Crippen LogP contribution in [0.4, 0.5) is 11.4 Å². The van der Waals surface area contributed by atoms with E-state index in [0.29, 0.717) is 6.42 Å². The molecule has 3 rings (SSSR count). The number of amides is 1. The summed E-state index contributed by atoms with van der Waals surface area (Å²) in [7, 11) is 0. The maximum Gasteiger partial charge on any atom is 0.265 e. The average Bonchev–Trinajstić information content (AvgIpc) is 3.18. The fourth-order valence-corrected chi connectivity index (χ4v) is 3.28. The van der Waals surface area contributed by atoms with Gasteiger partial charge in [0.2, 0.25) is 0 Å². The minimum Gasteiger partial charge on any atom is -0.480 e. The Bertz CT molecular complexity index is 749. The number of rotatable bonds is 6. The summed E-state index contributed by atoms with van der Waals surface area (Å²) in [5.41, 5.74) is 4.27. The summed E-state index contributed by atoms with van der Waals surface area (Å²) in [6.45, 7) is 8.27. The molecule has 1 aliphatic rings. The van der Waals surface area contributed by atoms with Crippen molar-refractivity contribution < 1.29 is 9.53 Å². The number of hydrogen-bond acceptors (Lipinski definition) is 3. The van der Waals surface area contributed by atoms with Crippen LogP contribution >= 0.6 is 0 Å². The highest BCUT2D eigenvalue weighted by atomic mass is 16.5. The molecule has 1 aliphatic heterocycles. The Morgan fingerprint density at radius 3 is 2.46 bits per heavy atom. The number of nitrogens with zero attached hydrogens (tertiary/aromatic N) is 1. The van der Waals surface area contributed by atoms with Gasteiger partial charge in [0, 0.05) is 24.5 Å². The number of aryl methyl sites for hydroxylation is 1. The molecule has 138 valence electrons. The topological polar surface area (TPSA) is 41.6 Å². The fraction of sp³-hybridized carbons (Fsp3) is 0.409. The number of anilines is 2. The first-order valence-electron chi connectivity index (χ1n) is 9.47. The second kappa shape index (κ2) is 8.26. The molecule has 2 aromatic carbocycles. The number of carbonyl (C=O) groups excluding carboxylic acids is 1. The largest absolute Gasteiger partial charge is 0.480 e. The van der Waals surface area contributed by atoms with E-state index in [1.54, 1.807) is 0 Å². The van der Waals surface area contributed by atoms with Crippen molar-refractivity contribution in [1.29, 1.82) is 0 Å². The van der Waals surface area contributed by atoms with Crippen LogP contribution in [0.5, 0.6) is 5.75 Å². The van der Waals surface area contributed by atoms with Crippen molar-refractivity contribution in [1.82, 2.24) is 0 Å². The number of ether oxygens (including phenoxy) is 1. The summed E-state index contributed by atoms with van der Waals surface area (Å²) in [4.78, 5) is 15.0. The van der Waals surface area contributed by atoms with Crippen LogP contribution in [-0.2, 0) is 4.79 Å². The molecular weight excluding hydrogens is 324 g/mol. The zero-order valence-electron chi connectivity index (χ0n) is 15.9. The van der Waals surface area contributed by atoms with Crippen LogP contribution in [0.15, 0.2) is 42.5 Å². The molecular formula is C22H28N2O2. The van der Waals surface area contributed by atoms with E-state index < -0.39 is 6.10 Å². The molecule has 1 atom stereocenters. The van der Waals surface area contributed by atoms with E-state index in [1.807, 2.05) is 51.1 Å². The number of carbonyl (C=O) groups is 1. The van der Waals surface area contributed by atoms with E-state index in [2.05, 4.69) is 22.3 Å². The zero-order chi connectivity index (χ0) is 18.5. The summed E-state index contributed by atoms with van der Waals surface area (Å²) >= 11 is 0. The van der Waals surface area contributed by atoms with Gasteiger partial charge in [-0.1, -0.05) is 19.1 Å². The Morgan fingerprint density at radius 1 is 1.12 bits per heavy atom. The SMILES string of the molecule is CCC(Oc1cccc(C)c1C)C(=O)Nc1ccc(N2CCCC2)cc1. The van der Waals surface area contributed by atoms with E-state index >= 15 is 0 Å². The highest BCUT2D eigenvalue weighted by molar-refractivity contribution is 5.94. The molecule has 4 nitrogen and oxygen atoms in total.